The van der Waals surface area contributed by atoms with Gasteiger partial charge in [-0.05, 0) is 49.2 Å². The number of hydrogen-bond donors (Lipinski definition) is 2. The fourth-order valence-electron chi connectivity index (χ4n) is 2.07. The molecule has 0 aliphatic carbocycles. The fourth-order valence-corrected chi connectivity index (χ4v) is 2.07. The van der Waals surface area contributed by atoms with E-state index in [1.165, 1.54) is 11.1 Å². The smallest absolute Gasteiger partial charge is 0.181 e. The van der Waals surface area contributed by atoms with Gasteiger partial charge in [0.05, 0.1) is 6.54 Å². The number of carbonyl (C=O) groups excluding carboxylic acids is 1. The van der Waals surface area contributed by atoms with Gasteiger partial charge in [-0.3, -0.25) is 4.79 Å². The molecule has 19 heavy (non-hydrogen) atoms. The van der Waals surface area contributed by atoms with E-state index < -0.39 is 0 Å². The van der Waals surface area contributed by atoms with Crippen molar-refractivity contribution in [2.75, 3.05) is 17.6 Å². The summed E-state index contributed by atoms with van der Waals surface area (Å²) in [7, 11) is 0. The van der Waals surface area contributed by atoms with Crippen LogP contribution in [0.1, 0.15) is 21.5 Å². The van der Waals surface area contributed by atoms with Crippen LogP contribution in [0, 0.1) is 13.8 Å². The number of Topliss-reactive ketones (excluding diaryl/α,β-unsaturated/α-hetero) is 1. The first-order valence-corrected chi connectivity index (χ1v) is 6.25. The fraction of sp³-hybridized carbons (Fsp3) is 0.188. The Labute approximate surface area is 113 Å². The van der Waals surface area contributed by atoms with E-state index in [-0.39, 0.29) is 12.3 Å². The van der Waals surface area contributed by atoms with Crippen LogP contribution in [0.5, 0.6) is 0 Å². The van der Waals surface area contributed by atoms with Crippen molar-refractivity contribution in [3.8, 4) is 0 Å². The van der Waals surface area contributed by atoms with Crippen LogP contribution < -0.4 is 11.1 Å². The molecule has 0 radical (unpaired) electrons. The zero-order chi connectivity index (χ0) is 13.8. The summed E-state index contributed by atoms with van der Waals surface area (Å²) < 4.78 is 0. The monoisotopic (exact) mass is 254 g/mol. The zero-order valence-electron chi connectivity index (χ0n) is 11.2. The molecule has 0 aliphatic rings. The van der Waals surface area contributed by atoms with E-state index in [1.54, 1.807) is 24.3 Å². The standard InChI is InChI=1S/C16H18N2O/c1-11-6-12(2)8-15(7-11)18-10-16(19)13-4-3-5-14(17)9-13/h3-9,18H,10,17H2,1-2H3. The second-order valence-electron chi connectivity index (χ2n) is 4.78. The maximum atomic E-state index is 12.0. The molecule has 0 spiro atoms. The van der Waals surface area contributed by atoms with E-state index >= 15 is 0 Å². The molecule has 3 nitrogen and oxygen atoms in total. The van der Waals surface area contributed by atoms with Crippen LogP contribution in [0.2, 0.25) is 0 Å². The maximum absolute atomic E-state index is 12.0. The van der Waals surface area contributed by atoms with Gasteiger partial charge in [0, 0.05) is 16.9 Å². The predicted octanol–water partition coefficient (Wildman–Crippen LogP) is 3.18. The lowest BCUT2D eigenvalue weighted by Crippen LogP contribution is -2.14. The Morgan fingerprint density at radius 3 is 2.42 bits per heavy atom. The van der Waals surface area contributed by atoms with Crippen LogP contribution in [0.3, 0.4) is 0 Å². The van der Waals surface area contributed by atoms with Gasteiger partial charge in [0.2, 0.25) is 0 Å². The normalized spacial score (nSPS) is 10.2. The molecule has 0 heterocycles. The number of anilines is 2. The Bertz CT molecular complexity index is 585. The first kappa shape index (κ1) is 13.1. The van der Waals surface area contributed by atoms with Crippen LogP contribution in [0.15, 0.2) is 42.5 Å². The lowest BCUT2D eigenvalue weighted by atomic mass is 10.1. The molecule has 0 aliphatic heterocycles. The van der Waals surface area contributed by atoms with Crippen molar-refractivity contribution in [3.63, 3.8) is 0 Å². The molecule has 3 heteroatoms. The summed E-state index contributed by atoms with van der Waals surface area (Å²) >= 11 is 0. The van der Waals surface area contributed by atoms with Gasteiger partial charge in [0.1, 0.15) is 0 Å². The third-order valence-corrected chi connectivity index (χ3v) is 2.88. The van der Waals surface area contributed by atoms with Gasteiger partial charge >= 0.3 is 0 Å². The van der Waals surface area contributed by atoms with Gasteiger partial charge in [-0.15, -0.1) is 0 Å². The van der Waals surface area contributed by atoms with Crippen LogP contribution in [-0.4, -0.2) is 12.3 Å². The summed E-state index contributed by atoms with van der Waals surface area (Å²) in [6.45, 7) is 4.35. The van der Waals surface area contributed by atoms with E-state index in [4.69, 9.17) is 5.73 Å². The Balaban J connectivity index is 2.04. The van der Waals surface area contributed by atoms with Crippen molar-refractivity contribution >= 4 is 17.2 Å². The lowest BCUT2D eigenvalue weighted by molar-refractivity contribution is 0.101. The second kappa shape index (κ2) is 5.57. The van der Waals surface area contributed by atoms with E-state index in [2.05, 4.69) is 11.4 Å². The topological polar surface area (TPSA) is 55.1 Å². The number of benzene rings is 2. The first-order chi connectivity index (χ1) is 9.04. The molecule has 98 valence electrons. The molecule has 3 N–H and O–H groups in total. The molecular weight excluding hydrogens is 236 g/mol. The quantitative estimate of drug-likeness (QED) is 0.651. The zero-order valence-corrected chi connectivity index (χ0v) is 11.2. The highest BCUT2D eigenvalue weighted by molar-refractivity contribution is 5.99. The minimum absolute atomic E-state index is 0.0338. The van der Waals surface area contributed by atoms with Crippen LogP contribution in [0.25, 0.3) is 0 Å². The Morgan fingerprint density at radius 1 is 1.11 bits per heavy atom. The van der Waals surface area contributed by atoms with E-state index in [0.29, 0.717) is 11.3 Å². The van der Waals surface area contributed by atoms with Crippen molar-refractivity contribution in [2.24, 2.45) is 0 Å². The highest BCUT2D eigenvalue weighted by atomic mass is 16.1. The van der Waals surface area contributed by atoms with Crippen LogP contribution >= 0.6 is 0 Å². The summed E-state index contributed by atoms with van der Waals surface area (Å²) in [5, 5.41) is 3.15. The minimum atomic E-state index is 0.0338. The molecule has 0 saturated heterocycles. The number of nitrogen functional groups attached to an aromatic ring is 1. The lowest BCUT2D eigenvalue weighted by Gasteiger charge is -2.08. The molecule has 2 aromatic rings. The van der Waals surface area contributed by atoms with E-state index in [0.717, 1.165) is 5.69 Å². The van der Waals surface area contributed by atoms with Crippen molar-refractivity contribution in [2.45, 2.75) is 13.8 Å². The molecule has 0 fully saturated rings. The predicted molar refractivity (Wildman–Crippen MR) is 79.6 cm³/mol. The van der Waals surface area contributed by atoms with Crippen LogP contribution in [-0.2, 0) is 0 Å². The number of rotatable bonds is 4. The molecule has 2 rings (SSSR count). The van der Waals surface area contributed by atoms with Gasteiger partial charge in [0.15, 0.2) is 5.78 Å². The van der Waals surface area contributed by atoms with Crippen molar-refractivity contribution in [3.05, 3.63) is 59.2 Å². The minimum Gasteiger partial charge on any atom is -0.399 e. The molecule has 0 aromatic heterocycles. The SMILES string of the molecule is Cc1cc(C)cc(NCC(=O)c2cccc(N)c2)c1. The number of hydrogen-bond acceptors (Lipinski definition) is 3. The Morgan fingerprint density at radius 2 is 1.79 bits per heavy atom. The number of ketones is 1. The number of nitrogens with one attached hydrogen (secondary N) is 1. The first-order valence-electron chi connectivity index (χ1n) is 6.25. The molecule has 0 bridgehead atoms. The number of aryl methyl sites for hydroxylation is 2. The van der Waals surface area contributed by atoms with Gasteiger partial charge < -0.3 is 11.1 Å². The van der Waals surface area contributed by atoms with Crippen molar-refractivity contribution in [1.29, 1.82) is 0 Å². The molecule has 0 amide bonds. The summed E-state index contributed by atoms with van der Waals surface area (Å²) in [6.07, 6.45) is 0. The van der Waals surface area contributed by atoms with E-state index in [1.807, 2.05) is 26.0 Å². The average molecular weight is 254 g/mol. The van der Waals surface area contributed by atoms with Gasteiger partial charge in [-0.1, -0.05) is 18.2 Å². The second-order valence-corrected chi connectivity index (χ2v) is 4.78. The summed E-state index contributed by atoms with van der Waals surface area (Å²) in [6, 6.07) is 13.2. The van der Waals surface area contributed by atoms with Crippen LogP contribution in [0.4, 0.5) is 11.4 Å². The molecule has 0 saturated carbocycles. The van der Waals surface area contributed by atoms with Crippen molar-refractivity contribution in [1.82, 2.24) is 0 Å². The van der Waals surface area contributed by atoms with Gasteiger partial charge in [0.25, 0.3) is 0 Å². The Hall–Kier alpha value is -2.29. The average Bonchev–Trinajstić information content (AvgIpc) is 2.35. The Kier molecular flexibility index (Phi) is 3.85. The summed E-state index contributed by atoms with van der Waals surface area (Å²) in [4.78, 5) is 12.0. The third-order valence-electron chi connectivity index (χ3n) is 2.88. The molecule has 0 unspecified atom stereocenters. The van der Waals surface area contributed by atoms with Crippen molar-refractivity contribution < 1.29 is 4.79 Å². The summed E-state index contributed by atoms with van der Waals surface area (Å²) in [5.41, 5.74) is 10.2. The van der Waals surface area contributed by atoms with Gasteiger partial charge in [-0.25, -0.2) is 0 Å². The molecular formula is C16H18N2O. The highest BCUT2D eigenvalue weighted by Crippen LogP contribution is 2.14. The highest BCUT2D eigenvalue weighted by Gasteiger charge is 2.06. The maximum Gasteiger partial charge on any atom is 0.181 e. The third kappa shape index (κ3) is 3.58. The largest absolute Gasteiger partial charge is 0.399 e. The molecule has 2 aromatic carbocycles. The van der Waals surface area contributed by atoms with E-state index in [9.17, 15) is 4.79 Å². The number of carbonyl (C=O) groups is 1. The molecule has 0 atom stereocenters. The van der Waals surface area contributed by atoms with Gasteiger partial charge in [-0.2, -0.15) is 0 Å². The number of nitrogens with two attached hydrogens (primary N) is 1. The summed E-state index contributed by atoms with van der Waals surface area (Å²) in [5.74, 6) is 0.0338.